The minimum absolute atomic E-state index is 0.00416. The molecule has 0 saturated carbocycles. The molecule has 0 heterocycles. The maximum atomic E-state index is 7.78. The second-order valence-corrected chi connectivity index (χ2v) is 5.00. The van der Waals surface area contributed by atoms with E-state index in [1.54, 1.807) is 0 Å². The first-order chi connectivity index (χ1) is 8.56. The molecule has 1 rings (SSSR count). The van der Waals surface area contributed by atoms with Gasteiger partial charge in [0.25, 0.3) is 0 Å². The summed E-state index contributed by atoms with van der Waals surface area (Å²) in [5.41, 5.74) is 6.87. The number of benzene rings is 1. The minimum atomic E-state index is -0.00416. The fourth-order valence-electron chi connectivity index (χ4n) is 2.17. The minimum Gasteiger partial charge on any atom is -0.387 e. The molecule has 1 aromatic rings. The van der Waals surface area contributed by atoms with Crippen LogP contribution >= 0.6 is 0 Å². The number of hydrogen-bond acceptors (Lipinski definition) is 2. The Morgan fingerprint density at radius 3 is 2.44 bits per heavy atom. The van der Waals surface area contributed by atoms with Crippen molar-refractivity contribution in [1.29, 1.82) is 5.41 Å². The molecule has 3 N–H and O–H groups in total. The third-order valence-electron chi connectivity index (χ3n) is 3.51. The first-order valence-corrected chi connectivity index (χ1v) is 6.65. The largest absolute Gasteiger partial charge is 0.387 e. The normalized spacial score (nSPS) is 14.4. The maximum Gasteiger partial charge on any atom is 0.0995 e. The zero-order chi connectivity index (χ0) is 13.5. The van der Waals surface area contributed by atoms with Gasteiger partial charge in [0.15, 0.2) is 0 Å². The number of hydrogen-bond donors (Lipinski definition) is 2. The molecule has 0 spiro atoms. The van der Waals surface area contributed by atoms with Crippen LogP contribution in [0.15, 0.2) is 30.3 Å². The smallest absolute Gasteiger partial charge is 0.0995 e. The average molecular weight is 247 g/mol. The summed E-state index contributed by atoms with van der Waals surface area (Å²) in [7, 11) is 2.11. The number of nitrogens with zero attached hydrogens (tertiary/aromatic N) is 1. The molecular formula is C15H25N3. The van der Waals surface area contributed by atoms with Gasteiger partial charge in [0, 0.05) is 12.6 Å². The van der Waals surface area contributed by atoms with Gasteiger partial charge in [-0.25, -0.2) is 0 Å². The van der Waals surface area contributed by atoms with Crippen LogP contribution in [0.2, 0.25) is 0 Å². The van der Waals surface area contributed by atoms with Gasteiger partial charge in [-0.1, -0.05) is 43.7 Å². The van der Waals surface area contributed by atoms with E-state index in [2.05, 4.69) is 25.8 Å². The number of amidine groups is 1. The second kappa shape index (κ2) is 7.17. The molecule has 0 aliphatic carbocycles. The van der Waals surface area contributed by atoms with Gasteiger partial charge in [-0.05, 0) is 26.0 Å². The van der Waals surface area contributed by atoms with Gasteiger partial charge in [0.1, 0.15) is 0 Å². The van der Waals surface area contributed by atoms with E-state index in [4.69, 9.17) is 11.1 Å². The molecule has 2 unspecified atom stereocenters. The third-order valence-corrected chi connectivity index (χ3v) is 3.51. The lowest BCUT2D eigenvalue weighted by Crippen LogP contribution is -2.37. The molecule has 3 nitrogen and oxygen atoms in total. The van der Waals surface area contributed by atoms with Crippen molar-refractivity contribution >= 4 is 5.84 Å². The summed E-state index contributed by atoms with van der Waals surface area (Å²) in [5.74, 6) is 0.243. The topological polar surface area (TPSA) is 53.1 Å². The van der Waals surface area contributed by atoms with E-state index in [-0.39, 0.29) is 11.8 Å². The van der Waals surface area contributed by atoms with Crippen molar-refractivity contribution < 1.29 is 0 Å². The molecule has 0 bridgehead atoms. The standard InChI is InChI=1S/C15H25N3/c1-4-8-12(2)18(3)11-14(15(16)17)13-9-6-5-7-10-13/h5-7,9-10,12,14H,4,8,11H2,1-3H3,(H3,16,17). The van der Waals surface area contributed by atoms with Crippen LogP contribution in [0.5, 0.6) is 0 Å². The Balaban J connectivity index is 2.73. The Kier molecular flexibility index (Phi) is 5.86. The quantitative estimate of drug-likeness (QED) is 0.575. The molecule has 0 aliphatic rings. The molecule has 1 aromatic carbocycles. The highest BCUT2D eigenvalue weighted by Gasteiger charge is 2.19. The van der Waals surface area contributed by atoms with Gasteiger partial charge in [-0.15, -0.1) is 0 Å². The fraction of sp³-hybridized carbons (Fsp3) is 0.533. The molecule has 100 valence electrons. The van der Waals surface area contributed by atoms with Crippen molar-refractivity contribution in [2.45, 2.75) is 38.6 Å². The molecular weight excluding hydrogens is 222 g/mol. The van der Waals surface area contributed by atoms with Crippen LogP contribution in [0.4, 0.5) is 0 Å². The molecule has 0 amide bonds. The van der Waals surface area contributed by atoms with Crippen molar-refractivity contribution in [1.82, 2.24) is 4.90 Å². The molecule has 0 aliphatic heterocycles. The lowest BCUT2D eigenvalue weighted by atomic mass is 9.97. The highest BCUT2D eigenvalue weighted by molar-refractivity contribution is 5.84. The first-order valence-electron chi connectivity index (χ1n) is 6.65. The number of nitrogens with two attached hydrogens (primary N) is 1. The summed E-state index contributed by atoms with van der Waals surface area (Å²) in [5, 5.41) is 7.78. The maximum absolute atomic E-state index is 7.78. The number of rotatable bonds is 7. The lowest BCUT2D eigenvalue weighted by Gasteiger charge is -2.28. The van der Waals surface area contributed by atoms with Crippen molar-refractivity contribution in [3.8, 4) is 0 Å². The summed E-state index contributed by atoms with van der Waals surface area (Å²) < 4.78 is 0. The van der Waals surface area contributed by atoms with E-state index in [1.165, 1.54) is 12.8 Å². The fourth-order valence-corrected chi connectivity index (χ4v) is 2.17. The molecule has 0 radical (unpaired) electrons. The summed E-state index contributed by atoms with van der Waals surface area (Å²) >= 11 is 0. The highest BCUT2D eigenvalue weighted by atomic mass is 15.1. The Bertz CT molecular complexity index is 361. The Hall–Kier alpha value is -1.35. The lowest BCUT2D eigenvalue weighted by molar-refractivity contribution is 0.242. The predicted octanol–water partition coefficient (Wildman–Crippen LogP) is 2.83. The van der Waals surface area contributed by atoms with Crippen molar-refractivity contribution in [2.24, 2.45) is 5.73 Å². The van der Waals surface area contributed by atoms with Crippen LogP contribution in [0.1, 0.15) is 38.2 Å². The van der Waals surface area contributed by atoms with Crippen molar-refractivity contribution in [2.75, 3.05) is 13.6 Å². The number of likely N-dealkylation sites (N-methyl/N-ethyl adjacent to an activating group) is 1. The third kappa shape index (κ3) is 4.15. The number of nitrogens with one attached hydrogen (secondary N) is 1. The predicted molar refractivity (Wildman–Crippen MR) is 78.1 cm³/mol. The Morgan fingerprint density at radius 1 is 1.33 bits per heavy atom. The molecule has 0 aromatic heterocycles. The van der Waals surface area contributed by atoms with Crippen LogP contribution in [-0.4, -0.2) is 30.4 Å². The van der Waals surface area contributed by atoms with Crippen LogP contribution < -0.4 is 5.73 Å². The first kappa shape index (κ1) is 14.7. The summed E-state index contributed by atoms with van der Waals surface area (Å²) in [6.45, 7) is 5.23. The van der Waals surface area contributed by atoms with E-state index >= 15 is 0 Å². The summed E-state index contributed by atoms with van der Waals surface area (Å²) in [4.78, 5) is 2.29. The van der Waals surface area contributed by atoms with Crippen LogP contribution in [0, 0.1) is 5.41 Å². The van der Waals surface area contributed by atoms with Gasteiger partial charge in [0.2, 0.25) is 0 Å². The molecule has 18 heavy (non-hydrogen) atoms. The van der Waals surface area contributed by atoms with Gasteiger partial charge in [-0.3, -0.25) is 5.41 Å². The van der Waals surface area contributed by atoms with Gasteiger partial charge in [-0.2, -0.15) is 0 Å². The Labute approximate surface area is 111 Å². The zero-order valence-electron chi connectivity index (χ0n) is 11.7. The van der Waals surface area contributed by atoms with E-state index in [0.717, 1.165) is 12.1 Å². The summed E-state index contributed by atoms with van der Waals surface area (Å²) in [6, 6.07) is 10.6. The molecule has 0 fully saturated rings. The van der Waals surface area contributed by atoms with E-state index < -0.39 is 0 Å². The van der Waals surface area contributed by atoms with E-state index in [0.29, 0.717) is 6.04 Å². The van der Waals surface area contributed by atoms with Gasteiger partial charge >= 0.3 is 0 Å². The van der Waals surface area contributed by atoms with Crippen LogP contribution in [0.25, 0.3) is 0 Å². The zero-order valence-corrected chi connectivity index (χ0v) is 11.7. The van der Waals surface area contributed by atoms with Gasteiger partial charge < -0.3 is 10.6 Å². The Morgan fingerprint density at radius 2 is 1.94 bits per heavy atom. The summed E-state index contributed by atoms with van der Waals surface area (Å²) in [6.07, 6.45) is 2.36. The van der Waals surface area contributed by atoms with Crippen LogP contribution in [0.3, 0.4) is 0 Å². The average Bonchev–Trinajstić information content (AvgIpc) is 2.36. The van der Waals surface area contributed by atoms with Crippen molar-refractivity contribution in [3.05, 3.63) is 35.9 Å². The highest BCUT2D eigenvalue weighted by Crippen LogP contribution is 2.18. The second-order valence-electron chi connectivity index (χ2n) is 5.00. The monoisotopic (exact) mass is 247 g/mol. The van der Waals surface area contributed by atoms with E-state index in [9.17, 15) is 0 Å². The van der Waals surface area contributed by atoms with E-state index in [1.807, 2.05) is 30.3 Å². The molecule has 2 atom stereocenters. The van der Waals surface area contributed by atoms with Crippen molar-refractivity contribution in [3.63, 3.8) is 0 Å². The van der Waals surface area contributed by atoms with Gasteiger partial charge in [0.05, 0.1) is 11.8 Å². The van der Waals surface area contributed by atoms with Crippen LogP contribution in [-0.2, 0) is 0 Å². The molecule has 0 saturated heterocycles. The SMILES string of the molecule is CCCC(C)N(C)CC(C(=N)N)c1ccccc1. The molecule has 3 heteroatoms.